The molecule has 0 aliphatic heterocycles. The van der Waals surface area contributed by atoms with Gasteiger partial charge < -0.3 is 130 Å². The first-order chi connectivity index (χ1) is 1.73. The first-order valence-electron chi connectivity index (χ1n) is 0.612. The van der Waals surface area contributed by atoms with Crippen LogP contribution >= 0.6 is 0 Å². The van der Waals surface area contributed by atoms with Crippen molar-refractivity contribution in [3.63, 3.8) is 0 Å². The van der Waals surface area contributed by atoms with Crippen LogP contribution in [0.5, 0.6) is 0 Å². The predicted molar refractivity (Wildman–Crippen MR) is 101 cm³/mol. The Kier molecular flexibility index (Phi) is 25700. The number of rotatable bonds is 0. The third-order valence-corrected chi connectivity index (χ3v) is 0. The van der Waals surface area contributed by atoms with Crippen molar-refractivity contribution in [3.8, 4) is 0 Å². The zero-order chi connectivity index (χ0) is 3.58. The Morgan fingerprint density at radius 3 is 0.303 bits per heavy atom. The van der Waals surface area contributed by atoms with Gasteiger partial charge in [0, 0.05) is 0 Å². The fraction of sp³-hybridized carbons (Fsp3) is 0. The van der Waals surface area contributed by atoms with E-state index in [1.165, 1.54) is 0 Å². The Morgan fingerprint density at radius 2 is 0.303 bits per heavy atom. The van der Waals surface area contributed by atoms with Crippen molar-refractivity contribution in [3.05, 3.63) is 0 Å². The molecule has 0 heterocycles. The molecule has 0 rings (SSSR count). The molecule has 0 saturated heterocycles. The van der Waals surface area contributed by atoms with Crippen molar-refractivity contribution >= 4 is 179 Å². The van der Waals surface area contributed by atoms with E-state index in [1.807, 2.05) is 0 Å². The molecule has 0 radical (unpaired) electrons. The molecule has 0 aromatic heterocycles. The van der Waals surface area contributed by atoms with Gasteiger partial charge in [-0.05, 0) is 6.16 Å². The number of hydrogen-bond acceptors (Lipinski definition) is 3. The molecule has 0 aliphatic carbocycles. The van der Waals surface area contributed by atoms with Crippen LogP contribution in [0.25, 0.3) is 0 Å². The van der Waals surface area contributed by atoms with E-state index >= 15 is 0 Å². The molecule has 0 unspecified atom stereocenters. The Hall–Kier alpha value is 4.09. The van der Waals surface area contributed by atoms with Gasteiger partial charge in [0.25, 0.3) is 0 Å². The summed E-state index contributed by atoms with van der Waals surface area (Å²) in [7, 11) is 0. The van der Waals surface area contributed by atoms with Crippen molar-refractivity contribution in [2.75, 3.05) is 0 Å². The molecule has 32 heteroatoms. The molecule has 33 heavy (non-hydrogen) atoms. The average Bonchev–Trinajstić information content (AvgIpc) is 0.811. The molecule has 24 N–H and O–H groups in total. The van der Waals surface area contributed by atoms with Crippen molar-refractivity contribution in [1.29, 1.82) is 0 Å². The van der Waals surface area contributed by atoms with E-state index in [4.69, 9.17) is 15.0 Å². The van der Waals surface area contributed by atoms with Crippen LogP contribution in [0.3, 0.4) is 0 Å². The molecule has 0 aliphatic rings. The van der Waals surface area contributed by atoms with E-state index in [9.17, 15) is 0 Å². The summed E-state index contributed by atoms with van der Waals surface area (Å²) < 4.78 is 0. The van der Waals surface area contributed by atoms with Crippen molar-refractivity contribution in [1.82, 2.24) is 0 Å². The quantitative estimate of drug-likeness (QED) is 0.238. The van der Waals surface area contributed by atoms with Gasteiger partial charge in [-0.1, -0.05) is 0 Å². The maximum absolute atomic E-state index is 8.33. The second-order valence-corrected chi connectivity index (χ2v) is 0.250. The van der Waals surface area contributed by atoms with Crippen molar-refractivity contribution in [2.24, 2.45) is 0 Å². The molecule has 0 fully saturated rings. The molecular formula is CH24Al2Mg6O24-2. The van der Waals surface area contributed by atoms with Gasteiger partial charge in [-0.2, -0.15) is 0 Å². The molecule has 0 spiro atoms. The van der Waals surface area contributed by atoms with E-state index in [0.29, 0.717) is 0 Å². The normalized spacial score (nSPS) is 0.727. The molecular weight excluding hydrogens is 596 g/mol. The summed E-state index contributed by atoms with van der Waals surface area (Å²) >= 11 is 0. The van der Waals surface area contributed by atoms with Gasteiger partial charge in [0.1, 0.15) is 0 Å². The average molecular weight is 620 g/mol. The number of hydrogen-bond donors (Lipinski definition) is 0. The molecule has 0 amide bonds. The molecule has 0 aromatic carbocycles. The number of carbonyl (C=O) groups excluding carboxylic acids is 1. The maximum atomic E-state index is 8.33. The Balaban J connectivity index is -0.000000000111. The summed E-state index contributed by atoms with van der Waals surface area (Å²) in [4.78, 5) is 8.33. The van der Waals surface area contributed by atoms with Gasteiger partial charge in [-0.25, -0.2) is 0 Å². The third-order valence-electron chi connectivity index (χ3n) is 0. The molecule has 192 valence electrons. The van der Waals surface area contributed by atoms with Crippen LogP contribution in [0.15, 0.2) is 0 Å². The first-order valence-corrected chi connectivity index (χ1v) is 0.612. The summed E-state index contributed by atoms with van der Waals surface area (Å²) in [6.45, 7) is 0. The van der Waals surface area contributed by atoms with E-state index in [-0.39, 0.29) is 288 Å². The first kappa shape index (κ1) is 961. The zero-order valence-electron chi connectivity index (χ0n) is 16.8. The smallest absolute Gasteiger partial charge is 2.00 e. The Bertz CT molecular complexity index is 61.9. The van der Waals surface area contributed by atoms with Gasteiger partial charge in [-0.3, -0.25) is 0 Å². The number of carbonyl (C=O) groups is 1. The second-order valence-electron chi connectivity index (χ2n) is 0.250. The van der Waals surface area contributed by atoms with Crippen molar-refractivity contribution in [2.45, 2.75) is 0 Å². The van der Waals surface area contributed by atoms with E-state index in [0.717, 1.165) is 0 Å². The van der Waals surface area contributed by atoms with E-state index in [2.05, 4.69) is 0 Å². The number of carboxylic acid groups (broad SMARTS) is 2. The molecule has 24 nitrogen and oxygen atoms in total. The van der Waals surface area contributed by atoms with Gasteiger partial charge >= 0.3 is 173 Å². The fourth-order valence-corrected chi connectivity index (χ4v) is 0. The molecule has 0 bridgehead atoms. The van der Waals surface area contributed by atoms with Crippen LogP contribution in [0.4, 0.5) is 4.79 Å². The zero-order valence-corrected chi connectivity index (χ0v) is 27.6. The van der Waals surface area contributed by atoms with Crippen LogP contribution in [-0.2, 0) is 49.3 Å². The third kappa shape index (κ3) is 2500. The van der Waals surface area contributed by atoms with Crippen LogP contribution in [0, 0.1) is 0 Å². The van der Waals surface area contributed by atoms with Crippen LogP contribution in [0.2, 0.25) is 0 Å². The summed E-state index contributed by atoms with van der Waals surface area (Å²) in [6.07, 6.45) is -2.33. The van der Waals surface area contributed by atoms with Gasteiger partial charge in [0.2, 0.25) is 0 Å². The van der Waals surface area contributed by atoms with Gasteiger partial charge in [0.05, 0.1) is 0 Å². The standard InChI is InChI=1S/CH2O3.2Al.6Mg.12H2O.9O/c2-1(3)4;;;;;;;;;;;;;;;;;;;;;;;;;;;;;/h(H2,2,3,4);;;;;;;;;12*1H2;;;;;;;;;/q;2*+3;6*+2;;;;;;;;;;;;;9*-2/p-2. The van der Waals surface area contributed by atoms with Crippen LogP contribution in [0.1, 0.15) is 0 Å². The maximum Gasteiger partial charge on any atom is 3.00 e. The SMILES string of the molecule is O.O.O.O.O.O.O.O.O.O.O.O.O=C([O-])[O-].[Al+3].[Al+3].[Mg+2].[Mg+2].[Mg+2].[Mg+2].[Mg+2].[Mg+2].[O-2].[O-2].[O-2].[O-2].[O-2].[O-2].[O-2].[O-2].[O-2]. The van der Waals surface area contributed by atoms with Crippen LogP contribution < -0.4 is 10.2 Å². The van der Waals surface area contributed by atoms with Crippen LogP contribution in [-0.4, -0.2) is 245 Å². The predicted octanol–water partition coefficient (Wildman–Crippen LogP) is -16.5. The topological polar surface area (TPSA) is 698 Å². The summed E-state index contributed by atoms with van der Waals surface area (Å²) in [5.74, 6) is 0. The van der Waals surface area contributed by atoms with Gasteiger partial charge in [-0.15, -0.1) is 0 Å². The summed E-state index contributed by atoms with van der Waals surface area (Å²) in [6, 6.07) is 0. The summed E-state index contributed by atoms with van der Waals surface area (Å²) in [5, 5.41) is 16.7. The Morgan fingerprint density at radius 1 is 0.303 bits per heavy atom. The van der Waals surface area contributed by atoms with Crippen molar-refractivity contribution < 1.29 is 130 Å². The fourth-order valence-electron chi connectivity index (χ4n) is 0. The molecule has 0 atom stereocenters. The minimum Gasteiger partial charge on any atom is -2.00 e. The largest absolute Gasteiger partial charge is 3.00 e. The van der Waals surface area contributed by atoms with Gasteiger partial charge in [0.15, 0.2) is 0 Å². The molecule has 0 aromatic rings. The molecule has 0 saturated carbocycles. The summed E-state index contributed by atoms with van der Waals surface area (Å²) in [5.41, 5.74) is 0. The minimum atomic E-state index is -2.33. The second kappa shape index (κ2) is 884. The van der Waals surface area contributed by atoms with E-state index < -0.39 is 6.16 Å². The minimum absolute atomic E-state index is 0. The monoisotopic (exact) mass is 618 g/mol. The van der Waals surface area contributed by atoms with E-state index in [1.54, 1.807) is 0 Å². The Labute approximate surface area is 305 Å².